The van der Waals surface area contributed by atoms with Crippen molar-refractivity contribution in [1.29, 1.82) is 0 Å². The number of carbonyl (C=O) groups is 2. The summed E-state index contributed by atoms with van der Waals surface area (Å²) in [6, 6.07) is 7.05. The minimum atomic E-state index is -0.993. The summed E-state index contributed by atoms with van der Waals surface area (Å²) in [5.74, 6) is -1.28. The van der Waals surface area contributed by atoms with Crippen LogP contribution >= 0.6 is 23.1 Å². The lowest BCUT2D eigenvalue weighted by molar-refractivity contribution is -0.125. The zero-order valence-corrected chi connectivity index (χ0v) is 16.1. The number of hydrogen-bond donors (Lipinski definition) is 1. The largest absolute Gasteiger partial charge is 0.449 e. The van der Waals surface area contributed by atoms with Gasteiger partial charge in [0.2, 0.25) is 0 Å². The van der Waals surface area contributed by atoms with Crippen molar-refractivity contribution in [2.45, 2.75) is 36.8 Å². The van der Waals surface area contributed by atoms with Crippen molar-refractivity contribution in [2.75, 3.05) is 0 Å². The summed E-state index contributed by atoms with van der Waals surface area (Å²) >= 11 is 2.99. The van der Waals surface area contributed by atoms with Gasteiger partial charge in [0, 0.05) is 15.2 Å². The summed E-state index contributed by atoms with van der Waals surface area (Å²) in [5.41, 5.74) is 6.67. The van der Waals surface area contributed by atoms with E-state index in [0.717, 1.165) is 20.8 Å². The highest BCUT2D eigenvalue weighted by Crippen LogP contribution is 2.38. The Morgan fingerprint density at radius 2 is 1.96 bits per heavy atom. The van der Waals surface area contributed by atoms with Crippen LogP contribution in [0.5, 0.6) is 0 Å². The molecule has 0 spiro atoms. The van der Waals surface area contributed by atoms with Gasteiger partial charge in [-0.2, -0.15) is 0 Å². The van der Waals surface area contributed by atoms with Gasteiger partial charge in [0.25, 0.3) is 5.91 Å². The summed E-state index contributed by atoms with van der Waals surface area (Å²) in [5, 5.41) is 1.77. The van der Waals surface area contributed by atoms with Gasteiger partial charge in [0.1, 0.15) is 16.2 Å². The number of esters is 1. The fourth-order valence-electron chi connectivity index (χ4n) is 2.34. The Balaban J connectivity index is 1.97. The molecule has 0 aliphatic carbocycles. The summed E-state index contributed by atoms with van der Waals surface area (Å²) < 4.78 is 5.13. The zero-order valence-electron chi connectivity index (χ0n) is 14.5. The minimum absolute atomic E-state index is 0.363. The molecule has 0 saturated heterocycles. The lowest BCUT2D eigenvalue weighted by Crippen LogP contribution is -2.30. The lowest BCUT2D eigenvalue weighted by atomic mass is 10.2. The third kappa shape index (κ3) is 3.56. The number of aryl methyl sites for hydroxylation is 2. The third-order valence-electron chi connectivity index (χ3n) is 3.93. The van der Waals surface area contributed by atoms with Crippen molar-refractivity contribution < 1.29 is 14.3 Å². The first-order chi connectivity index (χ1) is 12.4. The van der Waals surface area contributed by atoms with E-state index < -0.39 is 18.0 Å². The smallest absolute Gasteiger partial charge is 0.340 e. The van der Waals surface area contributed by atoms with Gasteiger partial charge in [-0.25, -0.2) is 14.8 Å². The molecule has 0 fully saturated rings. The van der Waals surface area contributed by atoms with Crippen molar-refractivity contribution in [3.8, 4) is 0 Å². The molecular formula is C18H17N3O3S2. The van der Waals surface area contributed by atoms with E-state index in [2.05, 4.69) is 9.97 Å². The number of nitrogens with zero attached hydrogens (tertiary/aromatic N) is 2. The Kier molecular flexibility index (Phi) is 5.24. The maximum atomic E-state index is 12.4. The van der Waals surface area contributed by atoms with Gasteiger partial charge in [0.05, 0.1) is 5.56 Å². The van der Waals surface area contributed by atoms with Gasteiger partial charge in [-0.1, -0.05) is 23.9 Å². The first-order valence-electron chi connectivity index (χ1n) is 7.86. The minimum Gasteiger partial charge on any atom is -0.449 e. The topological polar surface area (TPSA) is 95.2 Å². The van der Waals surface area contributed by atoms with Crippen LogP contribution in [0.3, 0.4) is 0 Å². The molecule has 0 bridgehead atoms. The highest BCUT2D eigenvalue weighted by molar-refractivity contribution is 7.99. The number of carbonyl (C=O) groups excluding carboxylic acids is 2. The maximum Gasteiger partial charge on any atom is 0.340 e. The molecule has 134 valence electrons. The van der Waals surface area contributed by atoms with Gasteiger partial charge in [-0.15, -0.1) is 11.3 Å². The monoisotopic (exact) mass is 387 g/mol. The van der Waals surface area contributed by atoms with E-state index in [0.29, 0.717) is 10.5 Å². The Morgan fingerprint density at radius 3 is 2.69 bits per heavy atom. The van der Waals surface area contributed by atoms with E-state index in [1.807, 2.05) is 26.0 Å². The third-order valence-corrected chi connectivity index (χ3v) is 6.12. The standard InChI is InChI=1S/C18H17N3O3S2/c1-9-11(3)25-16-14(9)17(21-8-20-16)26-13-7-5-4-6-12(13)18(23)24-10(2)15(19)22/h4-8,10H,1-3H3,(H2,19,22). The molecule has 0 radical (unpaired) electrons. The molecule has 3 rings (SSSR count). The summed E-state index contributed by atoms with van der Waals surface area (Å²) in [6.45, 7) is 5.53. The predicted octanol–water partition coefficient (Wildman–Crippen LogP) is 3.49. The maximum absolute atomic E-state index is 12.4. The van der Waals surface area contributed by atoms with Crippen molar-refractivity contribution in [3.05, 3.63) is 46.6 Å². The number of aromatic nitrogens is 2. The summed E-state index contributed by atoms with van der Waals surface area (Å²) in [6.07, 6.45) is 0.531. The molecule has 8 heteroatoms. The summed E-state index contributed by atoms with van der Waals surface area (Å²) in [7, 11) is 0. The van der Waals surface area contributed by atoms with Crippen molar-refractivity contribution in [2.24, 2.45) is 5.73 Å². The number of thiophene rings is 1. The Bertz CT molecular complexity index is 1000. The molecule has 0 saturated carbocycles. The number of rotatable bonds is 5. The van der Waals surface area contributed by atoms with Crippen molar-refractivity contribution >= 4 is 45.2 Å². The van der Waals surface area contributed by atoms with E-state index in [1.165, 1.54) is 29.9 Å². The second kappa shape index (κ2) is 7.43. The quantitative estimate of drug-likeness (QED) is 0.532. The lowest BCUT2D eigenvalue weighted by Gasteiger charge is -2.12. The number of amides is 1. The molecule has 1 atom stereocenters. The van der Waals surface area contributed by atoms with Crippen LogP contribution in [0.1, 0.15) is 27.7 Å². The van der Waals surface area contributed by atoms with Crippen molar-refractivity contribution in [3.63, 3.8) is 0 Å². The van der Waals surface area contributed by atoms with Gasteiger partial charge in [0.15, 0.2) is 6.10 Å². The van der Waals surface area contributed by atoms with Crippen LogP contribution in [-0.2, 0) is 9.53 Å². The molecule has 0 aliphatic heterocycles. The molecule has 2 heterocycles. The van der Waals surface area contributed by atoms with E-state index in [1.54, 1.807) is 23.5 Å². The molecule has 1 aromatic carbocycles. The first kappa shape index (κ1) is 18.3. The average Bonchev–Trinajstić information content (AvgIpc) is 2.90. The number of nitrogens with two attached hydrogens (primary N) is 1. The SMILES string of the molecule is Cc1sc2ncnc(Sc3ccccc3C(=O)OC(C)C(N)=O)c2c1C. The molecule has 1 unspecified atom stereocenters. The molecular weight excluding hydrogens is 370 g/mol. The molecule has 3 aromatic rings. The van der Waals surface area contributed by atoms with Crippen LogP contribution in [-0.4, -0.2) is 27.9 Å². The van der Waals surface area contributed by atoms with E-state index >= 15 is 0 Å². The molecule has 0 aliphatic rings. The molecule has 2 aromatic heterocycles. The van der Waals surface area contributed by atoms with Crippen LogP contribution in [0.25, 0.3) is 10.2 Å². The van der Waals surface area contributed by atoms with Crippen molar-refractivity contribution in [1.82, 2.24) is 9.97 Å². The second-order valence-corrected chi connectivity index (χ2v) is 7.92. The van der Waals surface area contributed by atoms with Gasteiger partial charge in [-0.3, -0.25) is 4.79 Å². The van der Waals surface area contributed by atoms with Crippen LogP contribution in [0, 0.1) is 13.8 Å². The van der Waals surface area contributed by atoms with Crippen LogP contribution < -0.4 is 5.73 Å². The van der Waals surface area contributed by atoms with Gasteiger partial charge < -0.3 is 10.5 Å². The van der Waals surface area contributed by atoms with Crippen LogP contribution in [0.2, 0.25) is 0 Å². The van der Waals surface area contributed by atoms with E-state index in [4.69, 9.17) is 10.5 Å². The highest BCUT2D eigenvalue weighted by atomic mass is 32.2. The number of primary amides is 1. The van der Waals surface area contributed by atoms with Crippen LogP contribution in [0.15, 0.2) is 40.5 Å². The predicted molar refractivity (Wildman–Crippen MR) is 102 cm³/mol. The number of hydrogen-bond acceptors (Lipinski definition) is 7. The van der Waals surface area contributed by atoms with Crippen LogP contribution in [0.4, 0.5) is 0 Å². The van der Waals surface area contributed by atoms with E-state index in [-0.39, 0.29) is 0 Å². The molecule has 1 amide bonds. The molecule has 2 N–H and O–H groups in total. The summed E-state index contributed by atoms with van der Waals surface area (Å²) in [4.78, 5) is 35.1. The Hall–Kier alpha value is -2.45. The number of benzene rings is 1. The molecule has 26 heavy (non-hydrogen) atoms. The Morgan fingerprint density at radius 1 is 1.23 bits per heavy atom. The van der Waals surface area contributed by atoms with Gasteiger partial charge >= 0.3 is 5.97 Å². The van der Waals surface area contributed by atoms with E-state index in [9.17, 15) is 9.59 Å². The zero-order chi connectivity index (χ0) is 18.8. The number of ether oxygens (including phenoxy) is 1. The molecule has 6 nitrogen and oxygen atoms in total. The Labute approximate surface area is 158 Å². The fourth-order valence-corrected chi connectivity index (χ4v) is 4.47. The highest BCUT2D eigenvalue weighted by Gasteiger charge is 2.20. The fraction of sp³-hybridized carbons (Fsp3) is 0.222. The number of fused-ring (bicyclic) bond motifs is 1. The normalized spacial score (nSPS) is 12.1. The first-order valence-corrected chi connectivity index (χ1v) is 9.49. The van der Waals surface area contributed by atoms with Gasteiger partial charge in [-0.05, 0) is 38.5 Å². The average molecular weight is 387 g/mol. The second-order valence-electron chi connectivity index (χ2n) is 5.69.